The van der Waals surface area contributed by atoms with E-state index in [2.05, 4.69) is 5.73 Å². The Morgan fingerprint density at radius 3 is 2.35 bits per heavy atom. The van der Waals surface area contributed by atoms with Gasteiger partial charge >= 0.3 is 0 Å². The quantitative estimate of drug-likeness (QED) is 0.691. The van der Waals surface area contributed by atoms with Gasteiger partial charge in [-0.15, -0.1) is 0 Å². The maximum atomic E-state index is 8.58. The number of carbonyl (C=O) groups is 2. The van der Waals surface area contributed by atoms with Gasteiger partial charge in [-0.05, 0) is 56.1 Å². The van der Waals surface area contributed by atoms with E-state index in [-0.39, 0.29) is 6.41 Å². The Kier molecular flexibility index (Phi) is 4.06. The Balaban J connectivity index is 0.000000264. The molecule has 5 heteroatoms. The number of nitrogen functional groups attached to an aromatic ring is 1. The van der Waals surface area contributed by atoms with Crippen LogP contribution in [0, 0.1) is 0 Å². The Bertz CT molecular complexity index is 524. The van der Waals surface area contributed by atoms with E-state index < -0.39 is 0 Å². The number of rotatable bonds is 0. The maximum Gasteiger partial charge on any atom is 0.204 e. The molecule has 1 heterocycles. The number of nitrogens with two attached hydrogens (primary N) is 2. The van der Waals surface area contributed by atoms with E-state index in [0.717, 1.165) is 18.5 Å². The number of anilines is 1. The fraction of sp³-hybridized carbons (Fsp3) is 0.533. The molecule has 0 atom stereocenters. The summed E-state index contributed by atoms with van der Waals surface area (Å²) in [6.45, 7) is 2.00. The van der Waals surface area contributed by atoms with Crippen molar-refractivity contribution in [3.63, 3.8) is 0 Å². The minimum atomic E-state index is 0.250. The smallest absolute Gasteiger partial charge is 0.204 e. The van der Waals surface area contributed by atoms with E-state index >= 15 is 0 Å². The molecule has 3 aliphatic carbocycles. The first-order chi connectivity index (χ1) is 9.72. The molecule has 0 aliphatic heterocycles. The topological polar surface area (TPSA) is 99.1 Å². The van der Waals surface area contributed by atoms with Gasteiger partial charge in [-0.3, -0.25) is 9.78 Å². The lowest BCUT2D eigenvalue weighted by atomic mass is 10.0. The molecular weight excluding hydrogens is 254 g/mol. The third-order valence-electron chi connectivity index (χ3n) is 4.58. The molecule has 4 rings (SSSR count). The predicted octanol–water partition coefficient (Wildman–Crippen LogP) is 1.05. The first-order valence-electron chi connectivity index (χ1n) is 6.96. The lowest BCUT2D eigenvalue weighted by Gasteiger charge is -2.12. The summed E-state index contributed by atoms with van der Waals surface area (Å²) in [5.41, 5.74) is 17.6. The number of hydrogen-bond acceptors (Lipinski definition) is 4. The molecule has 20 heavy (non-hydrogen) atoms. The van der Waals surface area contributed by atoms with Crippen LogP contribution in [0.15, 0.2) is 0 Å². The van der Waals surface area contributed by atoms with Crippen LogP contribution in [0.2, 0.25) is 0 Å². The van der Waals surface area contributed by atoms with E-state index in [9.17, 15) is 0 Å². The number of amides is 1. The third-order valence-corrected chi connectivity index (χ3v) is 4.58. The molecule has 4 N–H and O–H groups in total. The second-order valence-corrected chi connectivity index (χ2v) is 5.55. The van der Waals surface area contributed by atoms with Crippen molar-refractivity contribution in [2.24, 2.45) is 5.73 Å². The minimum absolute atomic E-state index is 0.250. The molecule has 0 unspecified atom stereocenters. The molecule has 1 aromatic heterocycles. The number of carbonyl (C=O) groups excluding carboxylic acids is 2. The van der Waals surface area contributed by atoms with E-state index in [1.807, 2.05) is 6.79 Å². The van der Waals surface area contributed by atoms with E-state index in [4.69, 9.17) is 20.3 Å². The van der Waals surface area contributed by atoms with Crippen LogP contribution in [-0.2, 0) is 34.3 Å². The normalized spacial score (nSPS) is 19.0. The Morgan fingerprint density at radius 2 is 1.75 bits per heavy atom. The zero-order valence-electron chi connectivity index (χ0n) is 11.7. The van der Waals surface area contributed by atoms with Crippen LogP contribution in [0.1, 0.15) is 48.2 Å². The highest BCUT2D eigenvalue weighted by Gasteiger charge is 2.51. The molecule has 5 nitrogen and oxygen atoms in total. The van der Waals surface area contributed by atoms with Gasteiger partial charge in [-0.1, -0.05) is 0 Å². The fourth-order valence-corrected chi connectivity index (χ4v) is 3.47. The minimum Gasteiger partial charge on any atom is -0.398 e. The Labute approximate surface area is 118 Å². The van der Waals surface area contributed by atoms with Gasteiger partial charge in [0.05, 0.1) is 5.69 Å². The van der Waals surface area contributed by atoms with Crippen molar-refractivity contribution in [2.75, 3.05) is 5.73 Å². The van der Waals surface area contributed by atoms with Crippen LogP contribution in [0.4, 0.5) is 5.69 Å². The highest BCUT2D eigenvalue weighted by Crippen LogP contribution is 2.57. The highest BCUT2D eigenvalue weighted by atomic mass is 16.1. The molecule has 1 saturated carbocycles. The summed E-state index contributed by atoms with van der Waals surface area (Å²) < 4.78 is 0. The van der Waals surface area contributed by atoms with Gasteiger partial charge in [0, 0.05) is 16.8 Å². The number of primary amides is 1. The first kappa shape index (κ1) is 14.5. The number of aryl methyl sites for hydroxylation is 1. The fourth-order valence-electron chi connectivity index (χ4n) is 3.47. The molecule has 108 valence electrons. The van der Waals surface area contributed by atoms with Crippen molar-refractivity contribution in [3.8, 4) is 0 Å². The Hall–Kier alpha value is -1.91. The molecule has 1 spiro atoms. The Morgan fingerprint density at radius 1 is 1.10 bits per heavy atom. The first-order valence-corrected chi connectivity index (χ1v) is 6.96. The average Bonchev–Trinajstić information content (AvgIpc) is 2.94. The number of nitrogens with zero attached hydrogens (tertiary/aromatic N) is 1. The molecule has 3 aliphatic rings. The van der Waals surface area contributed by atoms with Crippen molar-refractivity contribution in [2.45, 2.75) is 50.4 Å². The van der Waals surface area contributed by atoms with Crippen molar-refractivity contribution in [1.82, 2.24) is 4.98 Å². The van der Waals surface area contributed by atoms with Crippen molar-refractivity contribution in [1.29, 1.82) is 0 Å². The van der Waals surface area contributed by atoms with Gasteiger partial charge < -0.3 is 16.3 Å². The van der Waals surface area contributed by atoms with Crippen LogP contribution < -0.4 is 11.5 Å². The number of pyridine rings is 1. The molecule has 1 amide bonds. The summed E-state index contributed by atoms with van der Waals surface area (Å²) in [6.07, 6.45) is 9.01. The molecular formula is C15H21N3O2. The van der Waals surface area contributed by atoms with Gasteiger partial charge in [-0.25, -0.2) is 0 Å². The van der Waals surface area contributed by atoms with Crippen molar-refractivity contribution >= 4 is 18.9 Å². The zero-order chi connectivity index (χ0) is 14.8. The van der Waals surface area contributed by atoms with E-state index in [1.165, 1.54) is 54.6 Å². The summed E-state index contributed by atoms with van der Waals surface area (Å²) >= 11 is 0. The molecule has 1 fully saturated rings. The van der Waals surface area contributed by atoms with Crippen LogP contribution >= 0.6 is 0 Å². The average molecular weight is 275 g/mol. The second-order valence-electron chi connectivity index (χ2n) is 5.55. The monoisotopic (exact) mass is 275 g/mol. The molecule has 1 aromatic rings. The molecule has 0 bridgehead atoms. The van der Waals surface area contributed by atoms with Gasteiger partial charge in [-0.2, -0.15) is 0 Å². The summed E-state index contributed by atoms with van der Waals surface area (Å²) in [7, 11) is 0. The number of hydrogen-bond donors (Lipinski definition) is 2. The largest absolute Gasteiger partial charge is 0.398 e. The lowest BCUT2D eigenvalue weighted by Crippen LogP contribution is -2.08. The SMILES string of the molecule is C=O.NC=O.Nc1c2c(nc3c1CCC31CC1)CCC2. The van der Waals surface area contributed by atoms with Gasteiger partial charge in [0.2, 0.25) is 6.41 Å². The van der Waals surface area contributed by atoms with Gasteiger partial charge in [0.1, 0.15) is 6.79 Å². The van der Waals surface area contributed by atoms with Gasteiger partial charge in [0.15, 0.2) is 0 Å². The van der Waals surface area contributed by atoms with E-state index in [0.29, 0.717) is 5.41 Å². The predicted molar refractivity (Wildman–Crippen MR) is 77.3 cm³/mol. The summed E-state index contributed by atoms with van der Waals surface area (Å²) in [5.74, 6) is 0. The van der Waals surface area contributed by atoms with Crippen LogP contribution in [0.25, 0.3) is 0 Å². The van der Waals surface area contributed by atoms with Gasteiger partial charge in [0.25, 0.3) is 0 Å². The second kappa shape index (κ2) is 5.61. The standard InChI is InChI=1S/C13H16N2.CH3NO.CH2O/c14-11-8-2-1-3-10(8)15-12-9(11)4-5-13(12)6-7-13;2-1-3;1-2/h1-7H2,(H2,14,15);1H,(H2,2,3);1H2. The van der Waals surface area contributed by atoms with Crippen molar-refractivity contribution < 1.29 is 9.59 Å². The zero-order valence-corrected chi connectivity index (χ0v) is 11.7. The highest BCUT2D eigenvalue weighted by molar-refractivity contribution is 5.62. The van der Waals surface area contributed by atoms with E-state index in [1.54, 1.807) is 0 Å². The number of aromatic nitrogens is 1. The van der Waals surface area contributed by atoms with Crippen LogP contribution in [-0.4, -0.2) is 18.2 Å². The molecule has 0 radical (unpaired) electrons. The van der Waals surface area contributed by atoms with Crippen LogP contribution in [0.5, 0.6) is 0 Å². The maximum absolute atomic E-state index is 8.58. The van der Waals surface area contributed by atoms with Crippen molar-refractivity contribution in [3.05, 3.63) is 22.5 Å². The summed E-state index contributed by atoms with van der Waals surface area (Å²) in [5, 5.41) is 0. The van der Waals surface area contributed by atoms with Crippen LogP contribution in [0.3, 0.4) is 0 Å². The molecule has 0 aromatic carbocycles. The lowest BCUT2D eigenvalue weighted by molar-refractivity contribution is -0.107. The summed E-state index contributed by atoms with van der Waals surface area (Å²) in [6, 6.07) is 0. The number of fused-ring (bicyclic) bond motifs is 3. The molecule has 0 saturated heterocycles. The summed E-state index contributed by atoms with van der Waals surface area (Å²) in [4.78, 5) is 21.5. The third kappa shape index (κ3) is 2.17.